The summed E-state index contributed by atoms with van der Waals surface area (Å²) in [4.78, 5) is 12.1. The number of carbonyl (C=O) groups is 1. The Hall–Kier alpha value is -3.69. The lowest BCUT2D eigenvalue weighted by atomic mass is 10.2. The first-order valence-electron chi connectivity index (χ1n) is 8.54. The topological polar surface area (TPSA) is 77.4 Å². The molecule has 10 heteroatoms. The number of hydrogen-bond acceptors (Lipinski definition) is 4. The predicted octanol–water partition coefficient (Wildman–Crippen LogP) is 3.94. The molecule has 0 radical (unpaired) electrons. The van der Waals surface area contributed by atoms with E-state index < -0.39 is 17.8 Å². The minimum Gasteiger partial charge on any atom is -0.454 e. The van der Waals surface area contributed by atoms with Gasteiger partial charge in [0, 0.05) is 6.54 Å². The number of rotatable bonds is 4. The molecule has 2 N–H and O–H groups in total. The van der Waals surface area contributed by atoms with Gasteiger partial charge in [0.1, 0.15) is 0 Å². The Bertz CT molecular complexity index is 1050. The van der Waals surface area contributed by atoms with Crippen LogP contribution in [0.4, 0.5) is 23.7 Å². The van der Waals surface area contributed by atoms with Crippen molar-refractivity contribution in [3.05, 3.63) is 66.0 Å². The lowest BCUT2D eigenvalue weighted by Gasteiger charge is -2.08. The summed E-state index contributed by atoms with van der Waals surface area (Å²) in [6.07, 6.45) is -1.67. The van der Waals surface area contributed by atoms with Gasteiger partial charge < -0.3 is 20.1 Å². The average molecular weight is 404 g/mol. The lowest BCUT2D eigenvalue weighted by molar-refractivity contribution is -0.137. The van der Waals surface area contributed by atoms with Gasteiger partial charge in [0.15, 0.2) is 11.5 Å². The van der Waals surface area contributed by atoms with Gasteiger partial charge >= 0.3 is 12.2 Å². The second kappa shape index (κ2) is 7.38. The highest BCUT2D eigenvalue weighted by Crippen LogP contribution is 2.32. The third-order valence-corrected chi connectivity index (χ3v) is 4.17. The lowest BCUT2D eigenvalue weighted by Crippen LogP contribution is -2.27. The first-order valence-corrected chi connectivity index (χ1v) is 8.54. The Morgan fingerprint density at radius 1 is 1.14 bits per heavy atom. The van der Waals surface area contributed by atoms with E-state index in [9.17, 15) is 18.0 Å². The zero-order valence-corrected chi connectivity index (χ0v) is 14.9. The van der Waals surface area contributed by atoms with Gasteiger partial charge in [0.05, 0.1) is 29.3 Å². The van der Waals surface area contributed by atoms with E-state index in [2.05, 4.69) is 15.7 Å². The van der Waals surface area contributed by atoms with Crippen molar-refractivity contribution in [1.29, 1.82) is 0 Å². The quantitative estimate of drug-likeness (QED) is 0.691. The van der Waals surface area contributed by atoms with E-state index in [4.69, 9.17) is 9.47 Å². The third kappa shape index (κ3) is 4.26. The number of halogens is 3. The number of benzene rings is 2. The maximum atomic E-state index is 12.8. The molecule has 1 aromatic heterocycles. The molecule has 1 aliphatic rings. The van der Waals surface area contributed by atoms with Crippen LogP contribution in [0.25, 0.3) is 5.69 Å². The molecule has 7 nitrogen and oxygen atoms in total. The number of alkyl halides is 3. The van der Waals surface area contributed by atoms with Crippen LogP contribution in [0.2, 0.25) is 0 Å². The Balaban J connectivity index is 1.37. The monoisotopic (exact) mass is 404 g/mol. The van der Waals surface area contributed by atoms with Crippen LogP contribution >= 0.6 is 0 Å². The van der Waals surface area contributed by atoms with Gasteiger partial charge in [-0.25, -0.2) is 9.48 Å². The molecule has 4 rings (SSSR count). The SMILES string of the molecule is O=C(NCc1ccc2c(c1)OCO2)Nc1cnn(-c2cccc(C(F)(F)F)c2)c1. The molecule has 3 aromatic rings. The molecular formula is C19H15F3N4O3. The van der Waals surface area contributed by atoms with E-state index in [0.29, 0.717) is 17.2 Å². The molecule has 2 aromatic carbocycles. The van der Waals surface area contributed by atoms with Crippen molar-refractivity contribution in [3.8, 4) is 17.2 Å². The third-order valence-electron chi connectivity index (χ3n) is 4.17. The maximum absolute atomic E-state index is 12.8. The standard InChI is InChI=1S/C19H15F3N4O3/c20-19(21,22)13-2-1-3-15(7-13)26-10-14(9-24-26)25-18(27)23-8-12-4-5-16-17(6-12)29-11-28-16/h1-7,9-10H,8,11H2,(H2,23,25,27). The Labute approximate surface area is 163 Å². The number of ether oxygens (including phenoxy) is 2. The van der Waals surface area contributed by atoms with Crippen molar-refractivity contribution in [2.75, 3.05) is 12.1 Å². The van der Waals surface area contributed by atoms with Crippen molar-refractivity contribution in [3.63, 3.8) is 0 Å². The largest absolute Gasteiger partial charge is 0.454 e. The van der Waals surface area contributed by atoms with Crippen molar-refractivity contribution in [1.82, 2.24) is 15.1 Å². The van der Waals surface area contributed by atoms with E-state index in [-0.39, 0.29) is 19.0 Å². The maximum Gasteiger partial charge on any atom is 0.416 e. The van der Waals surface area contributed by atoms with E-state index >= 15 is 0 Å². The van der Waals surface area contributed by atoms with E-state index in [1.165, 1.54) is 29.2 Å². The molecule has 150 valence electrons. The van der Waals surface area contributed by atoms with Crippen molar-refractivity contribution in [2.24, 2.45) is 0 Å². The summed E-state index contributed by atoms with van der Waals surface area (Å²) >= 11 is 0. The fraction of sp³-hybridized carbons (Fsp3) is 0.158. The van der Waals surface area contributed by atoms with Gasteiger partial charge in [0.25, 0.3) is 0 Å². The van der Waals surface area contributed by atoms with Gasteiger partial charge in [0.2, 0.25) is 6.79 Å². The number of carbonyl (C=O) groups excluding carboxylic acids is 1. The first-order chi connectivity index (χ1) is 13.9. The number of fused-ring (bicyclic) bond motifs is 1. The second-order valence-corrected chi connectivity index (χ2v) is 6.22. The average Bonchev–Trinajstić information content (AvgIpc) is 3.34. The summed E-state index contributed by atoms with van der Waals surface area (Å²) in [6, 6.07) is 9.61. The zero-order valence-electron chi connectivity index (χ0n) is 14.9. The molecule has 1 aliphatic heterocycles. The molecule has 0 unspecified atom stereocenters. The smallest absolute Gasteiger partial charge is 0.416 e. The van der Waals surface area contributed by atoms with Gasteiger partial charge in [-0.3, -0.25) is 0 Å². The molecule has 0 spiro atoms. The van der Waals surface area contributed by atoms with E-state index in [0.717, 1.165) is 17.7 Å². The Morgan fingerprint density at radius 2 is 1.97 bits per heavy atom. The van der Waals surface area contributed by atoms with Crippen molar-refractivity contribution in [2.45, 2.75) is 12.7 Å². The summed E-state index contributed by atoms with van der Waals surface area (Å²) in [5.41, 5.74) is 0.616. The summed E-state index contributed by atoms with van der Waals surface area (Å²) in [5.74, 6) is 1.27. The summed E-state index contributed by atoms with van der Waals surface area (Å²) in [5, 5.41) is 9.27. The van der Waals surface area contributed by atoms with E-state index in [1.807, 2.05) is 0 Å². The van der Waals surface area contributed by atoms with Gasteiger partial charge in [-0.05, 0) is 35.9 Å². The minimum atomic E-state index is -4.45. The molecule has 0 atom stereocenters. The molecule has 0 saturated heterocycles. The fourth-order valence-corrected chi connectivity index (χ4v) is 2.76. The molecular weight excluding hydrogens is 389 g/mol. The van der Waals surface area contributed by atoms with Crippen LogP contribution in [0.1, 0.15) is 11.1 Å². The van der Waals surface area contributed by atoms with Crippen LogP contribution in [-0.4, -0.2) is 22.6 Å². The first kappa shape index (κ1) is 18.7. The van der Waals surface area contributed by atoms with Crippen molar-refractivity contribution < 1.29 is 27.4 Å². The van der Waals surface area contributed by atoms with Crippen LogP contribution in [0.5, 0.6) is 11.5 Å². The van der Waals surface area contributed by atoms with Crippen LogP contribution in [0, 0.1) is 0 Å². The van der Waals surface area contributed by atoms with Gasteiger partial charge in [-0.1, -0.05) is 12.1 Å². The van der Waals surface area contributed by atoms with Crippen LogP contribution in [0.15, 0.2) is 54.9 Å². The van der Waals surface area contributed by atoms with Crippen LogP contribution < -0.4 is 20.1 Å². The number of anilines is 1. The highest BCUT2D eigenvalue weighted by molar-refractivity contribution is 5.88. The number of hydrogen-bond donors (Lipinski definition) is 2. The normalized spacial score (nSPS) is 12.7. The predicted molar refractivity (Wildman–Crippen MR) is 97.0 cm³/mol. The number of amides is 2. The Kier molecular flexibility index (Phi) is 4.75. The van der Waals surface area contributed by atoms with Crippen molar-refractivity contribution >= 4 is 11.7 Å². The molecule has 2 heterocycles. The number of aromatic nitrogens is 2. The molecule has 0 bridgehead atoms. The fourth-order valence-electron chi connectivity index (χ4n) is 2.76. The summed E-state index contributed by atoms with van der Waals surface area (Å²) in [7, 11) is 0. The van der Waals surface area contributed by atoms with Crippen LogP contribution in [0.3, 0.4) is 0 Å². The number of nitrogens with zero attached hydrogens (tertiary/aromatic N) is 2. The second-order valence-electron chi connectivity index (χ2n) is 6.22. The minimum absolute atomic E-state index is 0.169. The molecule has 29 heavy (non-hydrogen) atoms. The molecule has 0 fully saturated rings. The number of nitrogens with one attached hydrogen (secondary N) is 2. The molecule has 0 aliphatic carbocycles. The zero-order chi connectivity index (χ0) is 20.4. The number of urea groups is 1. The summed E-state index contributed by atoms with van der Waals surface area (Å²) < 4.78 is 50.3. The van der Waals surface area contributed by atoms with Gasteiger partial charge in [-0.2, -0.15) is 18.3 Å². The summed E-state index contributed by atoms with van der Waals surface area (Å²) in [6.45, 7) is 0.423. The molecule has 0 saturated carbocycles. The highest BCUT2D eigenvalue weighted by Gasteiger charge is 2.30. The van der Waals surface area contributed by atoms with E-state index in [1.54, 1.807) is 18.2 Å². The Morgan fingerprint density at radius 3 is 2.79 bits per heavy atom. The van der Waals surface area contributed by atoms with Gasteiger partial charge in [-0.15, -0.1) is 0 Å². The highest BCUT2D eigenvalue weighted by atomic mass is 19.4. The van der Waals surface area contributed by atoms with Crippen LogP contribution in [-0.2, 0) is 12.7 Å². The molecule has 2 amide bonds.